The predicted octanol–water partition coefficient (Wildman–Crippen LogP) is 3.60. The fraction of sp³-hybridized carbons (Fsp3) is 0.478. The van der Waals surface area contributed by atoms with Crippen LogP contribution in [0.2, 0.25) is 0 Å². The lowest BCUT2D eigenvalue weighted by Gasteiger charge is -2.34. The number of piperidine rings is 1. The summed E-state index contributed by atoms with van der Waals surface area (Å²) in [7, 11) is 1.75. The lowest BCUT2D eigenvalue weighted by Crippen LogP contribution is -2.47. The van der Waals surface area contributed by atoms with Crippen LogP contribution in [0.3, 0.4) is 0 Å². The first-order valence-electron chi connectivity index (χ1n) is 11.7. The molecule has 1 fully saturated rings. The molecular formula is C23H28F3N9. The van der Waals surface area contributed by atoms with Crippen LogP contribution in [0, 0.1) is 6.92 Å². The number of likely N-dealkylation sites (tertiary alicyclic amines) is 1. The first-order chi connectivity index (χ1) is 16.9. The third-order valence-corrected chi connectivity index (χ3v) is 6.51. The van der Waals surface area contributed by atoms with Gasteiger partial charge in [-0.2, -0.15) is 4.98 Å². The molecule has 2 unspecified atom stereocenters. The van der Waals surface area contributed by atoms with E-state index in [1.165, 1.54) is 4.57 Å². The fourth-order valence-corrected chi connectivity index (χ4v) is 4.67. The Morgan fingerprint density at radius 1 is 1.17 bits per heavy atom. The normalized spacial score (nSPS) is 19.2. The first kappa shape index (κ1) is 23.3. The van der Waals surface area contributed by atoms with Crippen molar-refractivity contribution < 1.29 is 13.2 Å². The highest BCUT2D eigenvalue weighted by Crippen LogP contribution is 2.31. The molecule has 2 atom stereocenters. The number of aryl methyl sites for hydroxylation is 1. The Labute approximate surface area is 200 Å². The van der Waals surface area contributed by atoms with Crippen LogP contribution in [0.4, 0.5) is 24.9 Å². The molecular weight excluding hydrogens is 459 g/mol. The van der Waals surface area contributed by atoms with Gasteiger partial charge in [0.05, 0.1) is 18.3 Å². The van der Waals surface area contributed by atoms with Crippen molar-refractivity contribution in [3.8, 4) is 11.3 Å². The largest absolute Gasteiger partial charge is 0.371 e. The lowest BCUT2D eigenvalue weighted by atomic mass is 10.0. The van der Waals surface area contributed by atoms with E-state index in [0.717, 1.165) is 18.7 Å². The second kappa shape index (κ2) is 9.33. The molecule has 0 radical (unpaired) electrons. The number of alkyl halides is 3. The van der Waals surface area contributed by atoms with Crippen molar-refractivity contribution in [1.82, 2.24) is 34.0 Å². The lowest BCUT2D eigenvalue weighted by molar-refractivity contribution is 0.127. The Hall–Kier alpha value is -3.41. The zero-order chi connectivity index (χ0) is 24.7. The molecule has 186 valence electrons. The molecule has 0 amide bonds. The van der Waals surface area contributed by atoms with Crippen LogP contribution < -0.4 is 10.6 Å². The van der Waals surface area contributed by atoms with E-state index in [9.17, 15) is 13.2 Å². The van der Waals surface area contributed by atoms with Crippen molar-refractivity contribution in [3.63, 3.8) is 0 Å². The van der Waals surface area contributed by atoms with Crippen molar-refractivity contribution in [2.24, 2.45) is 0 Å². The van der Waals surface area contributed by atoms with E-state index in [1.54, 1.807) is 36.8 Å². The van der Waals surface area contributed by atoms with E-state index in [1.807, 2.05) is 13.0 Å². The Balaban J connectivity index is 1.50. The van der Waals surface area contributed by atoms with Crippen LogP contribution in [0.1, 0.15) is 19.2 Å². The second-order valence-electron chi connectivity index (χ2n) is 8.71. The number of pyridine rings is 1. The zero-order valence-corrected chi connectivity index (χ0v) is 19.8. The number of aromatic nitrogens is 6. The molecule has 12 heteroatoms. The standard InChI is InChI=1S/C23H28F3N9/c1-4-33-9-8-17(15(24)11-33)30-23-31-21(27-3)20-14(7-10-35(20)32-23)16-5-6-18-22(29-16)34(12-19(25)26)13(2)28-18/h5-7,10,15,17,19H,4,8-9,11-12H2,1-3H3,(H2,27,30,31,32). The SMILES string of the molecule is CCN1CCC(Nc2nc(NC)c3c(-c4ccc5nc(C)n(CC(F)F)c5n4)ccn3n2)C(F)C1. The van der Waals surface area contributed by atoms with E-state index in [2.05, 4.69) is 35.6 Å². The Kier molecular flexibility index (Phi) is 6.22. The maximum absolute atomic E-state index is 14.7. The minimum atomic E-state index is -2.51. The number of rotatable bonds is 7. The summed E-state index contributed by atoms with van der Waals surface area (Å²) in [5.74, 6) is 1.36. The third kappa shape index (κ3) is 4.38. The molecule has 0 aromatic carbocycles. The molecule has 0 aliphatic carbocycles. The van der Waals surface area contributed by atoms with Gasteiger partial charge in [0.2, 0.25) is 5.95 Å². The monoisotopic (exact) mass is 487 g/mol. The molecule has 1 aliphatic rings. The highest BCUT2D eigenvalue weighted by atomic mass is 19.3. The van der Waals surface area contributed by atoms with Gasteiger partial charge in [-0.1, -0.05) is 6.92 Å². The number of hydrogen-bond donors (Lipinski definition) is 2. The van der Waals surface area contributed by atoms with Crippen molar-refractivity contribution in [1.29, 1.82) is 0 Å². The van der Waals surface area contributed by atoms with Gasteiger partial charge in [0.15, 0.2) is 11.5 Å². The van der Waals surface area contributed by atoms with Gasteiger partial charge in [0.25, 0.3) is 6.43 Å². The van der Waals surface area contributed by atoms with Crippen LogP contribution >= 0.6 is 0 Å². The summed E-state index contributed by atoms with van der Waals surface area (Å²) in [4.78, 5) is 15.7. The molecule has 35 heavy (non-hydrogen) atoms. The fourth-order valence-electron chi connectivity index (χ4n) is 4.67. The smallest absolute Gasteiger partial charge is 0.256 e. The number of imidazole rings is 1. The van der Waals surface area contributed by atoms with Crippen LogP contribution in [-0.4, -0.2) is 79.4 Å². The van der Waals surface area contributed by atoms with E-state index >= 15 is 0 Å². The van der Waals surface area contributed by atoms with Gasteiger partial charge in [-0.15, -0.1) is 5.10 Å². The number of nitrogens with one attached hydrogen (secondary N) is 2. The minimum absolute atomic E-state index is 0.329. The topological polar surface area (TPSA) is 88.2 Å². The highest BCUT2D eigenvalue weighted by molar-refractivity contribution is 5.89. The van der Waals surface area contributed by atoms with Crippen LogP contribution in [0.5, 0.6) is 0 Å². The van der Waals surface area contributed by atoms with Crippen LogP contribution in [0.25, 0.3) is 27.9 Å². The molecule has 1 aliphatic heterocycles. The van der Waals surface area contributed by atoms with Gasteiger partial charge in [0.1, 0.15) is 23.0 Å². The number of nitrogens with zero attached hydrogens (tertiary/aromatic N) is 7. The molecule has 4 aromatic heterocycles. The van der Waals surface area contributed by atoms with Crippen LogP contribution in [0.15, 0.2) is 24.4 Å². The molecule has 2 N–H and O–H groups in total. The minimum Gasteiger partial charge on any atom is -0.371 e. The molecule has 0 saturated carbocycles. The molecule has 9 nitrogen and oxygen atoms in total. The van der Waals surface area contributed by atoms with Gasteiger partial charge >= 0.3 is 0 Å². The van der Waals surface area contributed by atoms with E-state index in [-0.39, 0.29) is 6.04 Å². The molecule has 0 bridgehead atoms. The number of hydrogen-bond acceptors (Lipinski definition) is 7. The first-order valence-corrected chi connectivity index (χ1v) is 11.7. The van der Waals surface area contributed by atoms with Gasteiger partial charge in [-0.05, 0) is 38.1 Å². The molecule has 4 aromatic rings. The van der Waals surface area contributed by atoms with E-state index in [4.69, 9.17) is 0 Å². The summed E-state index contributed by atoms with van der Waals surface area (Å²) >= 11 is 0. The summed E-state index contributed by atoms with van der Waals surface area (Å²) in [5.41, 5.74) is 2.97. The maximum Gasteiger partial charge on any atom is 0.256 e. The van der Waals surface area contributed by atoms with Gasteiger partial charge in [0, 0.05) is 31.9 Å². The quantitative estimate of drug-likeness (QED) is 0.412. The predicted molar refractivity (Wildman–Crippen MR) is 129 cm³/mol. The van der Waals surface area contributed by atoms with Crippen molar-refractivity contribution in [2.75, 3.05) is 37.3 Å². The van der Waals surface area contributed by atoms with Gasteiger partial charge in [-0.3, -0.25) is 0 Å². The molecule has 5 heterocycles. The summed E-state index contributed by atoms with van der Waals surface area (Å²) < 4.78 is 44.0. The van der Waals surface area contributed by atoms with Crippen molar-refractivity contribution in [2.45, 2.75) is 45.5 Å². The Morgan fingerprint density at radius 2 is 2.00 bits per heavy atom. The van der Waals surface area contributed by atoms with Crippen molar-refractivity contribution >= 4 is 28.4 Å². The van der Waals surface area contributed by atoms with E-state index < -0.39 is 19.1 Å². The van der Waals surface area contributed by atoms with Crippen LogP contribution in [-0.2, 0) is 6.54 Å². The van der Waals surface area contributed by atoms with E-state index in [0.29, 0.717) is 52.9 Å². The zero-order valence-electron chi connectivity index (χ0n) is 19.8. The second-order valence-corrected chi connectivity index (χ2v) is 8.71. The third-order valence-electron chi connectivity index (χ3n) is 6.51. The Morgan fingerprint density at radius 3 is 2.71 bits per heavy atom. The summed E-state index contributed by atoms with van der Waals surface area (Å²) in [5, 5.41) is 10.8. The summed E-state index contributed by atoms with van der Waals surface area (Å²) in [6.45, 7) is 5.28. The average Bonchev–Trinajstić information content (AvgIpc) is 3.40. The number of halogens is 3. The number of anilines is 2. The van der Waals surface area contributed by atoms with Gasteiger partial charge < -0.3 is 20.1 Å². The maximum atomic E-state index is 14.7. The highest BCUT2D eigenvalue weighted by Gasteiger charge is 2.29. The summed E-state index contributed by atoms with van der Waals surface area (Å²) in [6, 6.07) is 5.06. The average molecular weight is 488 g/mol. The molecule has 5 rings (SSSR count). The Bertz CT molecular complexity index is 1350. The van der Waals surface area contributed by atoms with Crippen molar-refractivity contribution in [3.05, 3.63) is 30.2 Å². The van der Waals surface area contributed by atoms with Gasteiger partial charge in [-0.25, -0.2) is 27.7 Å². The molecule has 1 saturated heterocycles. The molecule has 0 spiro atoms. The summed E-state index contributed by atoms with van der Waals surface area (Å²) in [6.07, 6.45) is -1.09. The number of fused-ring (bicyclic) bond motifs is 2.